The first-order valence-corrected chi connectivity index (χ1v) is 8.56. The molecule has 0 bridgehead atoms. The summed E-state index contributed by atoms with van der Waals surface area (Å²) < 4.78 is 3.23. The third-order valence-corrected chi connectivity index (χ3v) is 5.23. The van der Waals surface area contributed by atoms with Gasteiger partial charge in [0.2, 0.25) is 0 Å². The van der Waals surface area contributed by atoms with Crippen molar-refractivity contribution in [2.45, 2.75) is 18.8 Å². The molecule has 2 nitrogen and oxygen atoms in total. The maximum atomic E-state index is 6.27. The second-order valence-corrected chi connectivity index (χ2v) is 7.48. The van der Waals surface area contributed by atoms with E-state index in [4.69, 9.17) is 23.2 Å². The Morgan fingerprint density at radius 3 is 2.90 bits per heavy atom. The molecule has 1 aromatic carbocycles. The van der Waals surface area contributed by atoms with Crippen LogP contribution >= 0.6 is 50.5 Å². The van der Waals surface area contributed by atoms with Crippen LogP contribution in [0.4, 0.5) is 0 Å². The van der Waals surface area contributed by atoms with E-state index in [1.165, 1.54) is 4.88 Å². The lowest BCUT2D eigenvalue weighted by molar-refractivity contribution is 0.750. The van der Waals surface area contributed by atoms with Gasteiger partial charge in [-0.15, -0.1) is 22.9 Å². The number of para-hydroxylation sites is 1. The summed E-state index contributed by atoms with van der Waals surface area (Å²) in [4.78, 5) is 5.85. The summed E-state index contributed by atoms with van der Waals surface area (Å²) in [6.45, 7) is 2.68. The first-order chi connectivity index (χ1) is 9.56. The zero-order valence-corrected chi connectivity index (χ0v) is 14.5. The Bertz CT molecular complexity index is 764. The SMILES string of the molecule is CC(Cl)c1nc2c(Cl)cccc2n1Cc1cc(Br)cs1. The number of nitrogens with zero attached hydrogens (tertiary/aromatic N) is 2. The van der Waals surface area contributed by atoms with Crippen LogP contribution in [-0.2, 0) is 6.54 Å². The third-order valence-electron chi connectivity index (χ3n) is 3.05. The Kier molecular flexibility index (Phi) is 4.09. The molecule has 0 saturated carbocycles. The van der Waals surface area contributed by atoms with Gasteiger partial charge in [-0.05, 0) is 41.1 Å². The van der Waals surface area contributed by atoms with Crippen LogP contribution in [-0.4, -0.2) is 9.55 Å². The molecule has 3 aromatic rings. The second-order valence-electron chi connectivity index (χ2n) is 4.51. The fourth-order valence-electron chi connectivity index (χ4n) is 2.19. The largest absolute Gasteiger partial charge is 0.321 e. The Labute approximate surface area is 139 Å². The minimum atomic E-state index is -0.165. The molecule has 2 heterocycles. The number of benzene rings is 1. The van der Waals surface area contributed by atoms with Gasteiger partial charge in [0.1, 0.15) is 11.3 Å². The fourth-order valence-corrected chi connectivity index (χ4v) is 4.01. The lowest BCUT2D eigenvalue weighted by Gasteiger charge is -2.09. The standard InChI is InChI=1S/C14H11BrCl2N2S/c1-8(16)14-18-13-11(17)3-2-4-12(13)19(14)6-10-5-9(15)7-20-10/h2-5,7-8H,6H2,1H3. The van der Waals surface area contributed by atoms with Crippen LogP contribution in [0.5, 0.6) is 0 Å². The number of hydrogen-bond acceptors (Lipinski definition) is 2. The molecule has 1 atom stereocenters. The predicted molar refractivity (Wildman–Crippen MR) is 90.1 cm³/mol. The maximum Gasteiger partial charge on any atom is 0.128 e. The monoisotopic (exact) mass is 388 g/mol. The van der Waals surface area contributed by atoms with E-state index in [2.05, 4.69) is 36.9 Å². The summed E-state index contributed by atoms with van der Waals surface area (Å²) in [5.41, 5.74) is 1.83. The fraction of sp³-hybridized carbons (Fsp3) is 0.214. The summed E-state index contributed by atoms with van der Waals surface area (Å²) in [6, 6.07) is 7.94. The molecule has 0 radical (unpaired) electrons. The van der Waals surface area contributed by atoms with E-state index in [-0.39, 0.29) is 5.38 Å². The van der Waals surface area contributed by atoms with Crippen molar-refractivity contribution in [2.75, 3.05) is 0 Å². The van der Waals surface area contributed by atoms with Gasteiger partial charge in [-0.2, -0.15) is 0 Å². The van der Waals surface area contributed by atoms with Gasteiger partial charge >= 0.3 is 0 Å². The average molecular weight is 390 g/mol. The van der Waals surface area contributed by atoms with Crippen molar-refractivity contribution >= 4 is 61.5 Å². The molecular weight excluding hydrogens is 379 g/mol. The third kappa shape index (κ3) is 2.62. The number of fused-ring (bicyclic) bond motifs is 1. The summed E-state index contributed by atoms with van der Waals surface area (Å²) in [5, 5.41) is 2.57. The van der Waals surface area contributed by atoms with Crippen LogP contribution in [0.3, 0.4) is 0 Å². The molecule has 0 aliphatic carbocycles. The zero-order valence-electron chi connectivity index (χ0n) is 10.6. The molecule has 3 rings (SSSR count). The van der Waals surface area contributed by atoms with E-state index in [0.717, 1.165) is 27.9 Å². The summed E-state index contributed by atoms with van der Waals surface area (Å²) >= 11 is 17.7. The molecule has 0 saturated heterocycles. The van der Waals surface area contributed by atoms with Crippen molar-refractivity contribution in [3.63, 3.8) is 0 Å². The number of thiophene rings is 1. The minimum Gasteiger partial charge on any atom is -0.321 e. The van der Waals surface area contributed by atoms with E-state index in [1.54, 1.807) is 11.3 Å². The first kappa shape index (κ1) is 14.4. The number of rotatable bonds is 3. The second kappa shape index (κ2) is 5.68. The molecule has 0 amide bonds. The van der Waals surface area contributed by atoms with Crippen molar-refractivity contribution < 1.29 is 0 Å². The topological polar surface area (TPSA) is 17.8 Å². The highest BCUT2D eigenvalue weighted by atomic mass is 79.9. The van der Waals surface area contributed by atoms with Gasteiger partial charge in [-0.25, -0.2) is 4.98 Å². The van der Waals surface area contributed by atoms with E-state index >= 15 is 0 Å². The van der Waals surface area contributed by atoms with E-state index < -0.39 is 0 Å². The molecule has 0 aliphatic heterocycles. The van der Waals surface area contributed by atoms with Gasteiger partial charge < -0.3 is 4.57 Å². The number of imidazole rings is 1. The molecule has 6 heteroatoms. The Balaban J connectivity index is 2.16. The Morgan fingerprint density at radius 2 is 2.25 bits per heavy atom. The van der Waals surface area contributed by atoms with Crippen molar-refractivity contribution in [2.24, 2.45) is 0 Å². The Morgan fingerprint density at radius 1 is 1.45 bits per heavy atom. The molecule has 2 aromatic heterocycles. The maximum absolute atomic E-state index is 6.27. The molecule has 0 fully saturated rings. The van der Waals surface area contributed by atoms with Crippen LogP contribution in [0.25, 0.3) is 11.0 Å². The highest BCUT2D eigenvalue weighted by Gasteiger charge is 2.17. The zero-order chi connectivity index (χ0) is 14.3. The van der Waals surface area contributed by atoms with Crippen LogP contribution in [0, 0.1) is 0 Å². The van der Waals surface area contributed by atoms with Crippen molar-refractivity contribution in [1.82, 2.24) is 9.55 Å². The smallest absolute Gasteiger partial charge is 0.128 e. The summed E-state index contributed by atoms with van der Waals surface area (Å²) in [7, 11) is 0. The normalized spacial score (nSPS) is 13.0. The molecule has 104 valence electrons. The van der Waals surface area contributed by atoms with Gasteiger partial charge in [-0.3, -0.25) is 0 Å². The summed E-state index contributed by atoms with van der Waals surface area (Å²) in [6.07, 6.45) is 0. The van der Waals surface area contributed by atoms with E-state index in [1.807, 2.05) is 25.1 Å². The highest BCUT2D eigenvalue weighted by molar-refractivity contribution is 9.10. The Hall–Kier alpha value is -0.550. The van der Waals surface area contributed by atoms with Gasteiger partial charge in [0.25, 0.3) is 0 Å². The number of aromatic nitrogens is 2. The number of hydrogen-bond donors (Lipinski definition) is 0. The first-order valence-electron chi connectivity index (χ1n) is 6.08. The van der Waals surface area contributed by atoms with Gasteiger partial charge in [0, 0.05) is 14.7 Å². The minimum absolute atomic E-state index is 0.165. The van der Waals surface area contributed by atoms with Gasteiger partial charge in [0.15, 0.2) is 0 Å². The van der Waals surface area contributed by atoms with Crippen LogP contribution < -0.4 is 0 Å². The van der Waals surface area contributed by atoms with Crippen molar-refractivity contribution in [3.8, 4) is 0 Å². The molecular formula is C14H11BrCl2N2S. The van der Waals surface area contributed by atoms with Crippen LogP contribution in [0.2, 0.25) is 5.02 Å². The van der Waals surface area contributed by atoms with Crippen LogP contribution in [0.15, 0.2) is 34.1 Å². The number of alkyl halides is 1. The van der Waals surface area contributed by atoms with E-state index in [9.17, 15) is 0 Å². The number of halogens is 3. The van der Waals surface area contributed by atoms with Crippen molar-refractivity contribution in [3.05, 3.63) is 49.8 Å². The average Bonchev–Trinajstić information content (AvgIpc) is 2.96. The van der Waals surface area contributed by atoms with Crippen LogP contribution in [0.1, 0.15) is 23.0 Å². The molecule has 1 unspecified atom stereocenters. The molecule has 0 aliphatic rings. The quantitative estimate of drug-likeness (QED) is 0.512. The van der Waals surface area contributed by atoms with Gasteiger partial charge in [-0.1, -0.05) is 17.7 Å². The molecule has 20 heavy (non-hydrogen) atoms. The highest BCUT2D eigenvalue weighted by Crippen LogP contribution is 2.30. The van der Waals surface area contributed by atoms with Gasteiger partial charge in [0.05, 0.1) is 22.5 Å². The molecule has 0 N–H and O–H groups in total. The summed E-state index contributed by atoms with van der Waals surface area (Å²) in [5.74, 6) is 0.847. The lowest BCUT2D eigenvalue weighted by Crippen LogP contribution is -2.04. The van der Waals surface area contributed by atoms with Crippen molar-refractivity contribution in [1.29, 1.82) is 0 Å². The molecule has 0 spiro atoms. The lowest BCUT2D eigenvalue weighted by atomic mass is 10.3. The predicted octanol–water partition coefficient (Wildman–Crippen LogP) is 5.86. The van der Waals surface area contributed by atoms with E-state index in [0.29, 0.717) is 5.02 Å².